The molecule has 35 heavy (non-hydrogen) atoms. The number of pyridine rings is 1. The molecule has 10 heteroatoms. The minimum atomic E-state index is -0.684. The van der Waals surface area contributed by atoms with E-state index in [0.717, 1.165) is 6.42 Å². The normalized spacial score (nSPS) is 20.8. The highest BCUT2D eigenvalue weighted by Crippen LogP contribution is 2.48. The van der Waals surface area contributed by atoms with Crippen molar-refractivity contribution in [2.75, 3.05) is 0 Å². The van der Waals surface area contributed by atoms with Gasteiger partial charge in [-0.3, -0.25) is 24.0 Å². The summed E-state index contributed by atoms with van der Waals surface area (Å²) in [6.45, 7) is 3.46. The van der Waals surface area contributed by atoms with Crippen LogP contribution in [0.3, 0.4) is 0 Å². The van der Waals surface area contributed by atoms with Crippen LogP contribution in [0, 0.1) is 25.6 Å². The van der Waals surface area contributed by atoms with Gasteiger partial charge < -0.3 is 10.6 Å². The van der Waals surface area contributed by atoms with Gasteiger partial charge in [-0.15, -0.1) is 0 Å². The lowest BCUT2D eigenvalue weighted by Crippen LogP contribution is -2.44. The van der Waals surface area contributed by atoms with Crippen LogP contribution in [0.25, 0.3) is 10.9 Å². The third-order valence-corrected chi connectivity index (χ3v) is 7.28. The summed E-state index contributed by atoms with van der Waals surface area (Å²) in [6.07, 6.45) is 1.81. The van der Waals surface area contributed by atoms with Gasteiger partial charge in [-0.05, 0) is 56.7 Å². The molecule has 0 bridgehead atoms. The van der Waals surface area contributed by atoms with E-state index >= 15 is 0 Å². The number of fused-ring (bicyclic) bond motifs is 2. The Labute approximate surface area is 206 Å². The number of nitrogens with zero attached hydrogens (tertiary/aromatic N) is 4. The first-order chi connectivity index (χ1) is 16.7. The van der Waals surface area contributed by atoms with E-state index in [1.165, 1.54) is 10.7 Å². The molecule has 1 saturated carbocycles. The summed E-state index contributed by atoms with van der Waals surface area (Å²) in [6, 6.07) is 5.93. The molecule has 5 rings (SSSR count). The fraction of sp³-hybridized carbons (Fsp3) is 0.400. The Bertz CT molecular complexity index is 1390. The van der Waals surface area contributed by atoms with E-state index in [1.54, 1.807) is 30.0 Å². The van der Waals surface area contributed by atoms with Gasteiger partial charge in [0.2, 0.25) is 5.91 Å². The Hall–Kier alpha value is -3.33. The second-order valence-electron chi connectivity index (χ2n) is 9.41. The number of hydrogen-bond acceptors (Lipinski definition) is 5. The van der Waals surface area contributed by atoms with Crippen LogP contribution in [0.1, 0.15) is 46.7 Å². The number of ketones is 1. The Kier molecular flexibility index (Phi) is 5.83. The predicted molar refractivity (Wildman–Crippen MR) is 127 cm³/mol. The summed E-state index contributed by atoms with van der Waals surface area (Å²) < 4.78 is 15.7. The maximum atomic E-state index is 14.2. The van der Waals surface area contributed by atoms with Crippen molar-refractivity contribution in [3.05, 3.63) is 57.8 Å². The highest BCUT2D eigenvalue weighted by molar-refractivity contribution is 6.30. The van der Waals surface area contributed by atoms with Gasteiger partial charge in [0.25, 0.3) is 5.91 Å². The minimum Gasteiger partial charge on any atom is -0.364 e. The quantitative estimate of drug-likeness (QED) is 0.539. The number of aryl methyl sites for hydroxylation is 3. The van der Waals surface area contributed by atoms with E-state index < -0.39 is 17.8 Å². The van der Waals surface area contributed by atoms with E-state index in [4.69, 9.17) is 17.3 Å². The Morgan fingerprint density at radius 1 is 1.23 bits per heavy atom. The summed E-state index contributed by atoms with van der Waals surface area (Å²) in [7, 11) is 0. The maximum Gasteiger partial charge on any atom is 0.269 e. The van der Waals surface area contributed by atoms with Crippen LogP contribution in [0.2, 0.25) is 5.02 Å². The smallest absolute Gasteiger partial charge is 0.269 e. The van der Waals surface area contributed by atoms with Gasteiger partial charge in [-0.2, -0.15) is 5.10 Å². The molecule has 8 nitrogen and oxygen atoms in total. The first kappa shape index (κ1) is 23.4. The van der Waals surface area contributed by atoms with Gasteiger partial charge in [-0.25, -0.2) is 4.39 Å². The van der Waals surface area contributed by atoms with E-state index in [-0.39, 0.29) is 47.8 Å². The predicted octanol–water partition coefficient (Wildman–Crippen LogP) is 3.13. The topological polar surface area (TPSA) is 111 Å². The number of halogens is 2. The highest BCUT2D eigenvalue weighted by atomic mass is 35.5. The third-order valence-electron chi connectivity index (χ3n) is 6.98. The molecule has 0 unspecified atom stereocenters. The molecule has 0 spiro atoms. The zero-order valence-electron chi connectivity index (χ0n) is 19.4. The monoisotopic (exact) mass is 497 g/mol. The molecule has 3 atom stereocenters. The van der Waals surface area contributed by atoms with Gasteiger partial charge in [0.15, 0.2) is 11.5 Å². The summed E-state index contributed by atoms with van der Waals surface area (Å²) in [5, 5.41) is 4.90. The highest BCUT2D eigenvalue weighted by Gasteiger charge is 2.55. The summed E-state index contributed by atoms with van der Waals surface area (Å²) in [5.41, 5.74) is 7.92. The van der Waals surface area contributed by atoms with Crippen molar-refractivity contribution in [3.8, 4) is 0 Å². The van der Waals surface area contributed by atoms with Gasteiger partial charge in [0.05, 0.1) is 22.3 Å². The van der Waals surface area contributed by atoms with Crippen LogP contribution >= 0.6 is 11.6 Å². The van der Waals surface area contributed by atoms with Crippen molar-refractivity contribution in [3.63, 3.8) is 0 Å². The zero-order chi connectivity index (χ0) is 25.0. The fourth-order valence-corrected chi connectivity index (χ4v) is 5.52. The maximum absolute atomic E-state index is 14.2. The van der Waals surface area contributed by atoms with E-state index in [1.807, 2.05) is 6.92 Å². The van der Waals surface area contributed by atoms with E-state index in [2.05, 4.69) is 10.1 Å². The molecule has 1 aliphatic carbocycles. The molecule has 1 saturated heterocycles. The number of benzene rings is 1. The molecular weight excluding hydrogens is 473 g/mol. The standard InChI is InChI=1S/C25H25ClFN5O3/c1-12-8-16-23(25(28)35)30-31(24(16)13(2)29-12)11-21(34)32-18-9-15(18)10-19(32)20(33)7-6-14-4-3-5-17(26)22(14)27/h3-5,8,15,18-19H,6-7,9-11H2,1-2H3,(H2,28,35)/t15-,18-,19+/m1/s1. The lowest BCUT2D eigenvalue weighted by molar-refractivity contribution is -0.139. The number of piperidine rings is 1. The van der Waals surface area contributed by atoms with Gasteiger partial charge in [0, 0.05) is 23.5 Å². The van der Waals surface area contributed by atoms with Crippen LogP contribution in [0.15, 0.2) is 24.3 Å². The number of aromatic nitrogens is 3. The molecule has 2 amide bonds. The number of hydrogen-bond donors (Lipinski definition) is 1. The lowest BCUT2D eigenvalue weighted by atomic mass is 10.00. The number of rotatable bonds is 7. The van der Waals surface area contributed by atoms with Crippen LogP contribution in [-0.2, 0) is 22.6 Å². The van der Waals surface area contributed by atoms with Crippen LogP contribution in [0.5, 0.6) is 0 Å². The average Bonchev–Trinajstić information content (AvgIpc) is 3.29. The minimum absolute atomic E-state index is 0.0237. The molecule has 1 aromatic carbocycles. The Morgan fingerprint density at radius 2 is 2.00 bits per heavy atom. The molecule has 2 fully saturated rings. The van der Waals surface area contributed by atoms with Crippen molar-refractivity contribution in [1.82, 2.24) is 19.7 Å². The SMILES string of the molecule is Cc1cc2c(C(N)=O)nn(CC(=O)N3[C@@H]4C[C@@H]4C[C@H]3C(=O)CCc3cccc(Cl)c3F)c2c(C)n1. The molecule has 0 radical (unpaired) electrons. The zero-order valence-corrected chi connectivity index (χ0v) is 20.2. The average molecular weight is 498 g/mol. The largest absolute Gasteiger partial charge is 0.364 e. The molecule has 2 aliphatic rings. The second-order valence-corrected chi connectivity index (χ2v) is 9.82. The Balaban J connectivity index is 1.36. The first-order valence-electron chi connectivity index (χ1n) is 11.6. The van der Waals surface area contributed by atoms with Crippen molar-refractivity contribution >= 4 is 40.1 Å². The van der Waals surface area contributed by atoms with Gasteiger partial charge >= 0.3 is 0 Å². The van der Waals surface area contributed by atoms with E-state index in [9.17, 15) is 18.8 Å². The van der Waals surface area contributed by atoms with Crippen molar-refractivity contribution in [2.24, 2.45) is 11.7 Å². The first-order valence-corrected chi connectivity index (χ1v) is 11.9. The summed E-state index contributed by atoms with van der Waals surface area (Å²) in [5.74, 6) is -1.24. The van der Waals surface area contributed by atoms with Crippen molar-refractivity contribution < 1.29 is 18.8 Å². The molecular formula is C25H25ClFN5O3. The number of likely N-dealkylation sites (tertiary alicyclic amines) is 1. The molecule has 2 N–H and O–H groups in total. The van der Waals surface area contributed by atoms with E-state index in [0.29, 0.717) is 40.2 Å². The molecule has 3 aromatic rings. The van der Waals surface area contributed by atoms with Gasteiger partial charge in [0.1, 0.15) is 12.4 Å². The van der Waals surface area contributed by atoms with Crippen LogP contribution in [-0.4, -0.2) is 49.3 Å². The second kappa shape index (κ2) is 8.71. The molecule has 182 valence electrons. The number of carbonyl (C=O) groups is 3. The van der Waals surface area contributed by atoms with Crippen LogP contribution < -0.4 is 5.73 Å². The summed E-state index contributed by atoms with van der Waals surface area (Å²) >= 11 is 5.85. The third kappa shape index (κ3) is 4.18. The molecule has 3 heterocycles. The summed E-state index contributed by atoms with van der Waals surface area (Å²) in [4.78, 5) is 44.6. The molecule has 2 aromatic heterocycles. The number of carbonyl (C=O) groups excluding carboxylic acids is 3. The number of primary amides is 1. The number of nitrogens with two attached hydrogens (primary N) is 1. The fourth-order valence-electron chi connectivity index (χ4n) is 5.33. The lowest BCUT2D eigenvalue weighted by Gasteiger charge is -2.27. The van der Waals surface area contributed by atoms with Crippen molar-refractivity contribution in [2.45, 2.75) is 58.2 Å². The van der Waals surface area contributed by atoms with Crippen LogP contribution in [0.4, 0.5) is 4.39 Å². The van der Waals surface area contributed by atoms with Crippen molar-refractivity contribution in [1.29, 1.82) is 0 Å². The number of Topliss-reactive ketones (excluding diaryl/α,β-unsaturated/α-hetero) is 1. The number of amides is 2. The molecule has 1 aliphatic heterocycles. The van der Waals surface area contributed by atoms with Gasteiger partial charge in [-0.1, -0.05) is 23.7 Å². The Morgan fingerprint density at radius 3 is 2.74 bits per heavy atom.